The number of benzene rings is 1. The largest absolute Gasteiger partial charge is 0.465 e. The van der Waals surface area contributed by atoms with Gasteiger partial charge in [0.25, 0.3) is 5.91 Å². The first-order valence-electron chi connectivity index (χ1n) is 7.32. The van der Waals surface area contributed by atoms with Crippen LogP contribution in [0.15, 0.2) is 54.9 Å². The quantitative estimate of drug-likeness (QED) is 0.733. The molecule has 0 saturated carbocycles. The highest BCUT2D eigenvalue weighted by atomic mass is 32.1. The van der Waals surface area contributed by atoms with Crippen LogP contribution >= 0.6 is 11.3 Å². The van der Waals surface area contributed by atoms with Gasteiger partial charge in [-0.1, -0.05) is 0 Å². The van der Waals surface area contributed by atoms with E-state index in [1.54, 1.807) is 18.2 Å². The molecule has 5 nitrogen and oxygen atoms in total. The van der Waals surface area contributed by atoms with Gasteiger partial charge >= 0.3 is 5.97 Å². The predicted molar refractivity (Wildman–Crippen MR) is 94.1 cm³/mol. The Morgan fingerprint density at radius 1 is 1.12 bits per heavy atom. The number of esters is 1. The molecule has 6 heteroatoms. The minimum atomic E-state index is -0.461. The van der Waals surface area contributed by atoms with Gasteiger partial charge in [0.2, 0.25) is 0 Å². The van der Waals surface area contributed by atoms with Crippen molar-refractivity contribution < 1.29 is 14.3 Å². The lowest BCUT2D eigenvalue weighted by atomic mass is 10.2. The van der Waals surface area contributed by atoms with E-state index in [1.165, 1.54) is 18.4 Å². The maximum atomic E-state index is 12.4. The highest BCUT2D eigenvalue weighted by molar-refractivity contribution is 7.16. The molecule has 0 aliphatic heterocycles. The van der Waals surface area contributed by atoms with Crippen molar-refractivity contribution >= 4 is 28.2 Å². The summed E-state index contributed by atoms with van der Waals surface area (Å²) in [5.74, 6) is -0.723. The van der Waals surface area contributed by atoms with Crippen molar-refractivity contribution in [2.75, 3.05) is 12.4 Å². The third-order valence-corrected chi connectivity index (χ3v) is 4.49. The van der Waals surface area contributed by atoms with E-state index >= 15 is 0 Å². The van der Waals surface area contributed by atoms with E-state index in [0.29, 0.717) is 16.1 Å². The summed E-state index contributed by atoms with van der Waals surface area (Å²) in [6.07, 6.45) is 3.87. The molecule has 2 aromatic heterocycles. The topological polar surface area (TPSA) is 60.3 Å². The first-order valence-corrected chi connectivity index (χ1v) is 8.13. The van der Waals surface area contributed by atoms with Crippen molar-refractivity contribution in [3.63, 3.8) is 0 Å². The van der Waals surface area contributed by atoms with E-state index in [4.69, 9.17) is 4.74 Å². The maximum Gasteiger partial charge on any atom is 0.340 e. The van der Waals surface area contributed by atoms with Crippen LogP contribution in [0.25, 0.3) is 5.69 Å². The number of aryl methyl sites for hydroxylation is 1. The Hall–Kier alpha value is -2.86. The van der Waals surface area contributed by atoms with E-state index in [0.717, 1.165) is 10.6 Å². The number of carbonyl (C=O) groups excluding carboxylic acids is 2. The molecule has 0 saturated heterocycles. The molecule has 1 aromatic carbocycles. The summed E-state index contributed by atoms with van der Waals surface area (Å²) in [7, 11) is 1.32. The number of ether oxygens (including phenoxy) is 1. The average molecular weight is 340 g/mol. The molecule has 0 radical (unpaired) electrons. The van der Waals surface area contributed by atoms with Crippen LogP contribution in [0, 0.1) is 6.92 Å². The van der Waals surface area contributed by atoms with Crippen molar-refractivity contribution in [2.24, 2.45) is 0 Å². The smallest absolute Gasteiger partial charge is 0.340 e. The van der Waals surface area contributed by atoms with Gasteiger partial charge in [0, 0.05) is 28.5 Å². The van der Waals surface area contributed by atoms with Crippen LogP contribution in [-0.4, -0.2) is 23.6 Å². The first-order chi connectivity index (χ1) is 11.6. The van der Waals surface area contributed by atoms with Crippen LogP contribution in [0.2, 0.25) is 0 Å². The molecule has 1 N–H and O–H groups in total. The Balaban J connectivity index is 1.79. The molecule has 0 aliphatic carbocycles. The molecule has 24 heavy (non-hydrogen) atoms. The molecular formula is C18H16N2O3S. The molecule has 0 aliphatic rings. The van der Waals surface area contributed by atoms with Gasteiger partial charge in [-0.15, -0.1) is 11.3 Å². The van der Waals surface area contributed by atoms with Crippen molar-refractivity contribution in [1.82, 2.24) is 4.57 Å². The number of methoxy groups -OCH3 is 1. The lowest BCUT2D eigenvalue weighted by Crippen LogP contribution is -2.13. The molecule has 0 unspecified atom stereocenters. The molecular weight excluding hydrogens is 324 g/mol. The number of carbonyl (C=O) groups is 2. The summed E-state index contributed by atoms with van der Waals surface area (Å²) in [6, 6.07) is 12.8. The minimum absolute atomic E-state index is 0.263. The van der Waals surface area contributed by atoms with Crippen molar-refractivity contribution in [3.8, 4) is 5.69 Å². The van der Waals surface area contributed by atoms with Gasteiger partial charge in [0.15, 0.2) is 0 Å². The van der Waals surface area contributed by atoms with Crippen LogP contribution < -0.4 is 5.32 Å². The molecule has 3 aromatic rings. The van der Waals surface area contributed by atoms with Gasteiger partial charge < -0.3 is 14.6 Å². The second kappa shape index (κ2) is 6.72. The first kappa shape index (κ1) is 16.0. The lowest BCUT2D eigenvalue weighted by Gasteiger charge is -2.07. The van der Waals surface area contributed by atoms with E-state index in [1.807, 2.05) is 48.1 Å². The second-order valence-corrected chi connectivity index (χ2v) is 6.44. The number of thiophene rings is 1. The Morgan fingerprint density at radius 3 is 2.42 bits per heavy atom. The molecule has 0 bridgehead atoms. The average Bonchev–Trinajstić information content (AvgIpc) is 3.24. The van der Waals surface area contributed by atoms with Gasteiger partial charge in [-0.05, 0) is 49.4 Å². The lowest BCUT2D eigenvalue weighted by molar-refractivity contribution is 0.0602. The highest BCUT2D eigenvalue weighted by Crippen LogP contribution is 2.28. The molecule has 0 fully saturated rings. The zero-order valence-electron chi connectivity index (χ0n) is 13.3. The number of nitrogens with zero attached hydrogens (tertiary/aromatic N) is 1. The third kappa shape index (κ3) is 3.23. The predicted octanol–water partition coefficient (Wildman–Crippen LogP) is 3.89. The Kier molecular flexibility index (Phi) is 4.48. The molecule has 122 valence electrons. The highest BCUT2D eigenvalue weighted by Gasteiger charge is 2.18. The van der Waals surface area contributed by atoms with Crippen molar-refractivity contribution in [1.29, 1.82) is 0 Å². The van der Waals surface area contributed by atoms with E-state index < -0.39 is 5.97 Å². The summed E-state index contributed by atoms with van der Waals surface area (Å²) < 4.78 is 6.71. The summed E-state index contributed by atoms with van der Waals surface area (Å²) in [4.78, 5) is 25.1. The Bertz CT molecular complexity index is 864. The normalized spacial score (nSPS) is 10.4. The van der Waals surface area contributed by atoms with E-state index in [9.17, 15) is 9.59 Å². The molecule has 3 rings (SSSR count). The molecule has 0 atom stereocenters. The second-order valence-electron chi connectivity index (χ2n) is 5.18. The van der Waals surface area contributed by atoms with Crippen molar-refractivity contribution in [3.05, 3.63) is 70.9 Å². The molecule has 2 heterocycles. The summed E-state index contributed by atoms with van der Waals surface area (Å²) >= 11 is 1.35. The van der Waals surface area contributed by atoms with Gasteiger partial charge in [0.1, 0.15) is 5.00 Å². The zero-order chi connectivity index (χ0) is 17.1. The van der Waals surface area contributed by atoms with E-state index in [2.05, 4.69) is 5.32 Å². The fourth-order valence-corrected chi connectivity index (χ4v) is 3.23. The summed E-state index contributed by atoms with van der Waals surface area (Å²) in [5, 5.41) is 3.29. The standard InChI is InChI=1S/C18H16N2O3S/c1-12-11-15(18(22)23-2)17(24-12)19-16(21)13-5-7-14(8-6-13)20-9-3-4-10-20/h3-11H,1-2H3,(H,19,21). The number of hydrogen-bond donors (Lipinski definition) is 1. The van der Waals surface area contributed by atoms with Gasteiger partial charge in [0.05, 0.1) is 12.7 Å². The monoisotopic (exact) mass is 340 g/mol. The van der Waals surface area contributed by atoms with Crippen LogP contribution in [0.1, 0.15) is 25.6 Å². The number of nitrogens with one attached hydrogen (secondary N) is 1. The number of amides is 1. The fraction of sp³-hybridized carbons (Fsp3) is 0.111. The van der Waals surface area contributed by atoms with Crippen molar-refractivity contribution in [2.45, 2.75) is 6.92 Å². The van der Waals surface area contributed by atoms with Crippen LogP contribution in [0.3, 0.4) is 0 Å². The Morgan fingerprint density at radius 2 is 1.79 bits per heavy atom. The van der Waals surface area contributed by atoms with Gasteiger partial charge in [-0.25, -0.2) is 4.79 Å². The maximum absolute atomic E-state index is 12.4. The third-order valence-electron chi connectivity index (χ3n) is 3.52. The number of hydrogen-bond acceptors (Lipinski definition) is 4. The number of aromatic nitrogens is 1. The van der Waals surface area contributed by atoms with E-state index in [-0.39, 0.29) is 5.91 Å². The Labute approximate surface area is 143 Å². The fourth-order valence-electron chi connectivity index (χ4n) is 2.34. The molecule has 1 amide bonds. The zero-order valence-corrected chi connectivity index (χ0v) is 14.1. The molecule has 0 spiro atoms. The van der Waals surface area contributed by atoms with Crippen LogP contribution in [-0.2, 0) is 4.74 Å². The van der Waals surface area contributed by atoms with Crippen LogP contribution in [0.4, 0.5) is 5.00 Å². The minimum Gasteiger partial charge on any atom is -0.465 e. The number of rotatable bonds is 4. The summed E-state index contributed by atoms with van der Waals surface area (Å²) in [6.45, 7) is 1.87. The summed E-state index contributed by atoms with van der Waals surface area (Å²) in [5.41, 5.74) is 1.86. The SMILES string of the molecule is COC(=O)c1cc(C)sc1NC(=O)c1ccc(-n2cccc2)cc1. The van der Waals surface area contributed by atoms with Gasteiger partial charge in [-0.3, -0.25) is 4.79 Å². The van der Waals surface area contributed by atoms with Crippen LogP contribution in [0.5, 0.6) is 0 Å². The number of anilines is 1. The van der Waals surface area contributed by atoms with Gasteiger partial charge in [-0.2, -0.15) is 0 Å².